The van der Waals surface area contributed by atoms with Crippen molar-refractivity contribution in [3.63, 3.8) is 0 Å². The van der Waals surface area contributed by atoms with Gasteiger partial charge in [-0.05, 0) is 55.3 Å². The summed E-state index contributed by atoms with van der Waals surface area (Å²) in [6.45, 7) is 3.55. The monoisotopic (exact) mass is 463 g/mol. The maximum Gasteiger partial charge on any atom is 0.253 e. The molecular weight excluding hydrogens is 438 g/mol. The number of carbonyl (C=O) groups excluding carboxylic acids is 1. The Balaban J connectivity index is 1.34. The van der Waals surface area contributed by atoms with Crippen LogP contribution in [0, 0.1) is 0 Å². The van der Waals surface area contributed by atoms with E-state index in [2.05, 4.69) is 9.62 Å². The number of anilines is 1. The van der Waals surface area contributed by atoms with Crippen molar-refractivity contribution in [2.45, 2.75) is 23.8 Å². The number of nitrogens with one attached hydrogen (secondary N) is 1. The van der Waals surface area contributed by atoms with E-state index in [1.807, 2.05) is 24.3 Å². The molecule has 4 rings (SSSR count). The Bertz CT molecular complexity index is 1020. The van der Waals surface area contributed by atoms with Gasteiger partial charge in [0.1, 0.15) is 0 Å². The molecule has 1 atom stereocenters. The average molecular weight is 464 g/mol. The Morgan fingerprint density at radius 2 is 1.84 bits per heavy atom. The minimum atomic E-state index is -3.63. The van der Waals surface area contributed by atoms with Crippen molar-refractivity contribution in [1.82, 2.24) is 9.62 Å². The number of carbonyl (C=O) groups is 1. The molecule has 2 fully saturated rings. The molecule has 2 aromatic carbocycles. The van der Waals surface area contributed by atoms with E-state index in [1.54, 1.807) is 17.0 Å². The number of sulfonamides is 1. The molecule has 1 amide bonds. The van der Waals surface area contributed by atoms with Crippen LogP contribution in [0.2, 0.25) is 5.02 Å². The Morgan fingerprint density at radius 1 is 1.10 bits per heavy atom. The molecule has 0 saturated carbocycles. The van der Waals surface area contributed by atoms with E-state index in [0.29, 0.717) is 43.4 Å². The molecular formula is C22H26ClN3O4S. The van der Waals surface area contributed by atoms with Gasteiger partial charge in [0.2, 0.25) is 10.0 Å². The topological polar surface area (TPSA) is 78.9 Å². The highest BCUT2D eigenvalue weighted by Gasteiger charge is 2.24. The minimum Gasteiger partial charge on any atom is -0.377 e. The Hall–Kier alpha value is -2.13. The van der Waals surface area contributed by atoms with E-state index >= 15 is 0 Å². The molecule has 2 aliphatic heterocycles. The van der Waals surface area contributed by atoms with Crippen molar-refractivity contribution < 1.29 is 17.9 Å². The van der Waals surface area contributed by atoms with E-state index in [-0.39, 0.29) is 23.5 Å². The lowest BCUT2D eigenvalue weighted by Gasteiger charge is -2.36. The third-order valence-electron chi connectivity index (χ3n) is 5.68. The molecule has 0 radical (unpaired) electrons. The molecule has 2 heterocycles. The van der Waals surface area contributed by atoms with Gasteiger partial charge >= 0.3 is 0 Å². The third-order valence-corrected chi connectivity index (χ3v) is 7.35. The molecule has 2 aliphatic rings. The maximum atomic E-state index is 12.9. The smallest absolute Gasteiger partial charge is 0.253 e. The summed E-state index contributed by atoms with van der Waals surface area (Å²) in [5.41, 5.74) is 1.53. The van der Waals surface area contributed by atoms with Gasteiger partial charge in [-0.1, -0.05) is 17.7 Å². The first-order valence-electron chi connectivity index (χ1n) is 10.4. The first-order valence-corrected chi connectivity index (χ1v) is 12.3. The Labute approximate surface area is 188 Å². The lowest BCUT2D eigenvalue weighted by molar-refractivity contribution is 0.0746. The first kappa shape index (κ1) is 22.1. The lowest BCUT2D eigenvalue weighted by atomic mass is 10.1. The number of hydrogen-bond donors (Lipinski definition) is 1. The van der Waals surface area contributed by atoms with Crippen LogP contribution in [-0.2, 0) is 14.8 Å². The van der Waals surface area contributed by atoms with Crippen LogP contribution in [0.1, 0.15) is 23.2 Å². The number of rotatable bonds is 6. The Morgan fingerprint density at radius 3 is 2.48 bits per heavy atom. The second kappa shape index (κ2) is 9.56. The zero-order valence-electron chi connectivity index (χ0n) is 17.2. The summed E-state index contributed by atoms with van der Waals surface area (Å²) in [6.07, 6.45) is 1.75. The summed E-state index contributed by atoms with van der Waals surface area (Å²) in [7, 11) is -3.63. The molecule has 2 saturated heterocycles. The molecule has 0 aliphatic carbocycles. The van der Waals surface area contributed by atoms with Gasteiger partial charge in [-0.3, -0.25) is 4.79 Å². The number of amides is 1. The van der Waals surface area contributed by atoms with Crippen molar-refractivity contribution in [1.29, 1.82) is 0 Å². The highest BCUT2D eigenvalue weighted by molar-refractivity contribution is 7.89. The van der Waals surface area contributed by atoms with Crippen LogP contribution in [0.5, 0.6) is 0 Å². The third kappa shape index (κ3) is 5.38. The summed E-state index contributed by atoms with van der Waals surface area (Å²) in [5, 5.41) is 0.691. The summed E-state index contributed by atoms with van der Waals surface area (Å²) >= 11 is 6.08. The van der Waals surface area contributed by atoms with Crippen molar-refractivity contribution in [2.24, 2.45) is 0 Å². The number of nitrogens with zero attached hydrogens (tertiary/aromatic N) is 2. The van der Waals surface area contributed by atoms with E-state index < -0.39 is 10.0 Å². The number of ether oxygens (including phenoxy) is 1. The van der Waals surface area contributed by atoms with Gasteiger partial charge in [-0.25, -0.2) is 13.1 Å². The Kier molecular flexibility index (Phi) is 6.81. The summed E-state index contributed by atoms with van der Waals surface area (Å²) in [6, 6.07) is 13.8. The van der Waals surface area contributed by atoms with Gasteiger partial charge in [0.15, 0.2) is 0 Å². The standard InChI is InChI=1S/C22H26ClN3O4S/c23-18-3-1-4-19(15-18)25-10-12-26(13-11-25)22(27)17-6-8-21(9-7-17)31(28,29)24-16-20-5-2-14-30-20/h1,3-4,6-9,15,20,24H,2,5,10-14,16H2. The average Bonchev–Trinajstić information content (AvgIpc) is 3.31. The number of piperazine rings is 1. The van der Waals surface area contributed by atoms with Gasteiger partial charge in [-0.15, -0.1) is 0 Å². The van der Waals surface area contributed by atoms with Crippen molar-refractivity contribution in [3.8, 4) is 0 Å². The van der Waals surface area contributed by atoms with E-state index in [1.165, 1.54) is 12.1 Å². The first-order chi connectivity index (χ1) is 14.9. The number of halogens is 1. The summed E-state index contributed by atoms with van der Waals surface area (Å²) < 4.78 is 33.0. The molecule has 7 nitrogen and oxygen atoms in total. The molecule has 31 heavy (non-hydrogen) atoms. The SMILES string of the molecule is O=C(c1ccc(S(=O)(=O)NCC2CCCO2)cc1)N1CCN(c2cccc(Cl)c2)CC1. The predicted octanol–water partition coefficient (Wildman–Crippen LogP) is 2.76. The molecule has 0 aromatic heterocycles. The molecule has 2 aromatic rings. The second-order valence-corrected chi connectivity index (χ2v) is 9.97. The summed E-state index contributed by atoms with van der Waals surface area (Å²) in [5.74, 6) is -0.0954. The van der Waals surface area contributed by atoms with Gasteiger partial charge < -0.3 is 14.5 Å². The molecule has 1 N–H and O–H groups in total. The van der Waals surface area contributed by atoms with Gasteiger partial charge in [-0.2, -0.15) is 0 Å². The minimum absolute atomic E-state index is 0.0683. The predicted molar refractivity (Wildman–Crippen MR) is 120 cm³/mol. The van der Waals surface area contributed by atoms with E-state index in [9.17, 15) is 13.2 Å². The van der Waals surface area contributed by atoms with E-state index in [0.717, 1.165) is 18.5 Å². The van der Waals surface area contributed by atoms with Gasteiger partial charge in [0.25, 0.3) is 5.91 Å². The molecule has 1 unspecified atom stereocenters. The van der Waals surface area contributed by atoms with Crippen LogP contribution in [0.15, 0.2) is 53.4 Å². The fourth-order valence-electron chi connectivity index (χ4n) is 3.89. The van der Waals surface area contributed by atoms with Crippen molar-refractivity contribution in [2.75, 3.05) is 44.2 Å². The molecule has 166 valence electrons. The highest BCUT2D eigenvalue weighted by atomic mass is 35.5. The fraction of sp³-hybridized carbons (Fsp3) is 0.409. The molecule has 0 spiro atoms. The van der Waals surface area contributed by atoms with Crippen LogP contribution in [-0.4, -0.2) is 64.7 Å². The zero-order chi connectivity index (χ0) is 21.8. The van der Waals surface area contributed by atoms with Crippen molar-refractivity contribution in [3.05, 3.63) is 59.1 Å². The van der Waals surface area contributed by atoms with Crippen LogP contribution in [0.4, 0.5) is 5.69 Å². The number of hydrogen-bond acceptors (Lipinski definition) is 5. The molecule has 9 heteroatoms. The van der Waals surface area contributed by atoms with Crippen molar-refractivity contribution >= 4 is 33.2 Å². The summed E-state index contributed by atoms with van der Waals surface area (Å²) in [4.78, 5) is 17.0. The van der Waals surface area contributed by atoms with Crippen LogP contribution in [0.25, 0.3) is 0 Å². The number of benzene rings is 2. The van der Waals surface area contributed by atoms with Gasteiger partial charge in [0.05, 0.1) is 11.0 Å². The second-order valence-electron chi connectivity index (χ2n) is 7.77. The van der Waals surface area contributed by atoms with Crippen LogP contribution >= 0.6 is 11.6 Å². The van der Waals surface area contributed by atoms with Gasteiger partial charge in [0, 0.05) is 55.6 Å². The maximum absolute atomic E-state index is 12.9. The highest BCUT2D eigenvalue weighted by Crippen LogP contribution is 2.21. The normalized spacial score (nSPS) is 19.6. The quantitative estimate of drug-likeness (QED) is 0.712. The van der Waals surface area contributed by atoms with E-state index in [4.69, 9.17) is 16.3 Å². The largest absolute Gasteiger partial charge is 0.377 e. The fourth-order valence-corrected chi connectivity index (χ4v) is 5.14. The van der Waals surface area contributed by atoms with Crippen LogP contribution < -0.4 is 9.62 Å². The zero-order valence-corrected chi connectivity index (χ0v) is 18.7. The lowest BCUT2D eigenvalue weighted by Crippen LogP contribution is -2.48. The molecule has 0 bridgehead atoms. The van der Waals surface area contributed by atoms with Crippen LogP contribution in [0.3, 0.4) is 0 Å².